The van der Waals surface area contributed by atoms with Gasteiger partial charge < -0.3 is 5.11 Å². The lowest BCUT2D eigenvalue weighted by molar-refractivity contribution is 0.0695. The van der Waals surface area contributed by atoms with E-state index in [1.807, 2.05) is 0 Å². The quantitative estimate of drug-likeness (QED) is 0.832. The number of nitrogens with zero attached hydrogens (tertiary/aromatic N) is 2. The van der Waals surface area contributed by atoms with Crippen molar-refractivity contribution in [1.82, 2.24) is 9.97 Å². The van der Waals surface area contributed by atoms with Crippen LogP contribution in [0.3, 0.4) is 0 Å². The van der Waals surface area contributed by atoms with Gasteiger partial charge in [-0.3, -0.25) is 0 Å². The molecule has 1 aromatic rings. The molecule has 5 heteroatoms. The third-order valence-corrected chi connectivity index (χ3v) is 3.10. The molecule has 0 aromatic carbocycles. The highest BCUT2D eigenvalue weighted by molar-refractivity contribution is 7.98. The Kier molecular flexibility index (Phi) is 4.55. The molecule has 1 aromatic heterocycles. The highest BCUT2D eigenvalue weighted by Gasteiger charge is 2.11. The maximum atomic E-state index is 10.8. The van der Waals surface area contributed by atoms with Crippen LogP contribution >= 0.6 is 11.8 Å². The predicted octanol–water partition coefficient (Wildman–Crippen LogP) is 2.06. The van der Waals surface area contributed by atoms with Crippen LogP contribution in [0.5, 0.6) is 0 Å². The molecule has 82 valence electrons. The van der Waals surface area contributed by atoms with E-state index in [0.29, 0.717) is 17.4 Å². The maximum absolute atomic E-state index is 10.8. The molecule has 0 amide bonds. The largest absolute Gasteiger partial charge is 0.478 e. The number of hydrogen-bond donors (Lipinski definition) is 1. The van der Waals surface area contributed by atoms with Crippen molar-refractivity contribution in [1.29, 1.82) is 0 Å². The Hall–Kier alpha value is -1.10. The summed E-state index contributed by atoms with van der Waals surface area (Å²) >= 11 is 1.69. The van der Waals surface area contributed by atoms with Crippen LogP contribution in [0.1, 0.15) is 29.9 Å². The second-order valence-electron chi connectivity index (χ2n) is 3.60. The molecule has 1 N–H and O–H groups in total. The monoisotopic (exact) mass is 226 g/mol. The number of carbonyl (C=O) groups is 1. The van der Waals surface area contributed by atoms with Crippen LogP contribution in [0.4, 0.5) is 0 Å². The number of thioether (sulfide) groups is 1. The maximum Gasteiger partial charge on any atom is 0.339 e. The minimum absolute atomic E-state index is 0.203. The number of rotatable bonds is 5. The molecule has 15 heavy (non-hydrogen) atoms. The Morgan fingerprint density at radius 1 is 1.60 bits per heavy atom. The fourth-order valence-corrected chi connectivity index (χ4v) is 2.05. The molecular formula is C10H14N2O2S. The van der Waals surface area contributed by atoms with Gasteiger partial charge in [0.15, 0.2) is 0 Å². The van der Waals surface area contributed by atoms with Crippen LogP contribution in [-0.2, 0) is 5.75 Å². The first-order chi connectivity index (χ1) is 7.11. The van der Waals surface area contributed by atoms with Gasteiger partial charge in [0.1, 0.15) is 11.9 Å². The van der Waals surface area contributed by atoms with E-state index >= 15 is 0 Å². The zero-order chi connectivity index (χ0) is 11.3. The van der Waals surface area contributed by atoms with Crippen molar-refractivity contribution >= 4 is 17.7 Å². The van der Waals surface area contributed by atoms with Crippen molar-refractivity contribution in [2.75, 3.05) is 5.75 Å². The highest BCUT2D eigenvalue weighted by Crippen LogP contribution is 2.16. The van der Waals surface area contributed by atoms with Crippen molar-refractivity contribution in [3.63, 3.8) is 0 Å². The zero-order valence-corrected chi connectivity index (χ0v) is 9.62. The molecule has 0 saturated carbocycles. The number of carboxylic acids is 1. The molecule has 0 bridgehead atoms. The first-order valence-electron chi connectivity index (χ1n) is 4.71. The summed E-state index contributed by atoms with van der Waals surface area (Å²) in [5, 5.41) is 8.88. The third kappa shape index (κ3) is 3.87. The Bertz CT molecular complexity index is 342. The van der Waals surface area contributed by atoms with Gasteiger partial charge in [0, 0.05) is 11.9 Å². The molecule has 0 fully saturated rings. The van der Waals surface area contributed by atoms with Crippen LogP contribution in [0.25, 0.3) is 0 Å². The highest BCUT2D eigenvalue weighted by atomic mass is 32.2. The van der Waals surface area contributed by atoms with E-state index in [1.165, 1.54) is 12.5 Å². The van der Waals surface area contributed by atoms with Gasteiger partial charge in [0.05, 0.1) is 5.69 Å². The summed E-state index contributed by atoms with van der Waals surface area (Å²) in [7, 11) is 0. The van der Waals surface area contributed by atoms with Crippen molar-refractivity contribution in [2.45, 2.75) is 19.6 Å². The number of carboxylic acid groups (broad SMARTS) is 1. The van der Waals surface area contributed by atoms with Crippen molar-refractivity contribution in [2.24, 2.45) is 5.92 Å². The number of hydrogen-bond acceptors (Lipinski definition) is 4. The standard InChI is InChI=1S/C10H14N2O2S/c1-7(2)4-15-5-9-8(10(13)14)3-11-6-12-9/h3,6-7H,4-5H2,1-2H3,(H,13,14). The summed E-state index contributed by atoms with van der Waals surface area (Å²) in [6.07, 6.45) is 2.73. The van der Waals surface area contributed by atoms with E-state index in [2.05, 4.69) is 23.8 Å². The van der Waals surface area contributed by atoms with Gasteiger partial charge in [-0.05, 0) is 11.7 Å². The van der Waals surface area contributed by atoms with E-state index < -0.39 is 5.97 Å². The van der Waals surface area contributed by atoms with Gasteiger partial charge in [-0.25, -0.2) is 14.8 Å². The van der Waals surface area contributed by atoms with Gasteiger partial charge in [-0.1, -0.05) is 13.8 Å². The summed E-state index contributed by atoms with van der Waals surface area (Å²) in [6.45, 7) is 4.26. The van der Waals surface area contributed by atoms with Gasteiger partial charge >= 0.3 is 5.97 Å². The fourth-order valence-electron chi connectivity index (χ4n) is 1.04. The van der Waals surface area contributed by atoms with Crippen LogP contribution in [0, 0.1) is 5.92 Å². The molecule has 0 aliphatic heterocycles. The van der Waals surface area contributed by atoms with E-state index in [1.54, 1.807) is 11.8 Å². The summed E-state index contributed by atoms with van der Waals surface area (Å²) in [6, 6.07) is 0. The Balaban J connectivity index is 2.63. The van der Waals surface area contributed by atoms with E-state index in [4.69, 9.17) is 5.11 Å². The summed E-state index contributed by atoms with van der Waals surface area (Å²) in [5.41, 5.74) is 0.803. The Morgan fingerprint density at radius 2 is 2.33 bits per heavy atom. The molecule has 0 spiro atoms. The van der Waals surface area contributed by atoms with Crippen LogP contribution in [0.15, 0.2) is 12.5 Å². The molecule has 4 nitrogen and oxygen atoms in total. The van der Waals surface area contributed by atoms with Gasteiger partial charge in [0.25, 0.3) is 0 Å². The summed E-state index contributed by atoms with van der Waals surface area (Å²) in [5.74, 6) is 1.27. The van der Waals surface area contributed by atoms with Gasteiger partial charge in [-0.2, -0.15) is 11.8 Å². The van der Waals surface area contributed by atoms with Crippen molar-refractivity contribution in [3.8, 4) is 0 Å². The second kappa shape index (κ2) is 5.70. The Morgan fingerprint density at radius 3 is 2.93 bits per heavy atom. The van der Waals surface area contributed by atoms with E-state index in [0.717, 1.165) is 5.75 Å². The summed E-state index contributed by atoms with van der Waals surface area (Å²) < 4.78 is 0. The average molecular weight is 226 g/mol. The average Bonchev–Trinajstić information content (AvgIpc) is 2.17. The SMILES string of the molecule is CC(C)CSCc1ncncc1C(=O)O. The van der Waals surface area contributed by atoms with Crippen molar-refractivity contribution < 1.29 is 9.90 Å². The van der Waals surface area contributed by atoms with E-state index in [-0.39, 0.29) is 5.56 Å². The lowest BCUT2D eigenvalue weighted by Gasteiger charge is -2.05. The molecule has 1 rings (SSSR count). The first-order valence-corrected chi connectivity index (χ1v) is 5.86. The lowest BCUT2D eigenvalue weighted by atomic mass is 10.2. The lowest BCUT2D eigenvalue weighted by Crippen LogP contribution is -2.05. The van der Waals surface area contributed by atoms with Crippen LogP contribution in [-0.4, -0.2) is 26.8 Å². The zero-order valence-electron chi connectivity index (χ0n) is 8.80. The molecule has 0 saturated heterocycles. The van der Waals surface area contributed by atoms with Crippen LogP contribution in [0.2, 0.25) is 0 Å². The normalized spacial score (nSPS) is 10.6. The topological polar surface area (TPSA) is 63.1 Å². The second-order valence-corrected chi connectivity index (χ2v) is 4.63. The van der Waals surface area contributed by atoms with Gasteiger partial charge in [0.2, 0.25) is 0 Å². The first kappa shape index (κ1) is 12.0. The fraction of sp³-hybridized carbons (Fsp3) is 0.500. The summed E-state index contributed by atoms with van der Waals surface area (Å²) in [4.78, 5) is 18.5. The predicted molar refractivity (Wildman–Crippen MR) is 60.0 cm³/mol. The van der Waals surface area contributed by atoms with Crippen LogP contribution < -0.4 is 0 Å². The molecule has 0 aliphatic rings. The molecule has 0 atom stereocenters. The third-order valence-electron chi connectivity index (χ3n) is 1.72. The Labute approximate surface area is 93.1 Å². The molecule has 1 heterocycles. The number of aromatic nitrogens is 2. The minimum atomic E-state index is -0.962. The van der Waals surface area contributed by atoms with E-state index in [9.17, 15) is 4.79 Å². The molecular weight excluding hydrogens is 212 g/mol. The molecule has 0 aliphatic carbocycles. The molecule has 0 unspecified atom stereocenters. The number of aromatic carboxylic acids is 1. The van der Waals surface area contributed by atoms with Gasteiger partial charge in [-0.15, -0.1) is 0 Å². The minimum Gasteiger partial charge on any atom is -0.478 e. The molecule has 0 radical (unpaired) electrons. The smallest absolute Gasteiger partial charge is 0.339 e. The van der Waals surface area contributed by atoms with Crippen molar-refractivity contribution in [3.05, 3.63) is 23.8 Å².